The van der Waals surface area contributed by atoms with Gasteiger partial charge in [0.05, 0.1) is 0 Å². The molecule has 1 fully saturated rings. The van der Waals surface area contributed by atoms with Gasteiger partial charge in [-0.1, -0.05) is 0 Å². The largest absolute Gasteiger partial charge is 0.396 e. The van der Waals surface area contributed by atoms with E-state index in [4.69, 9.17) is 5.11 Å². The van der Waals surface area contributed by atoms with Gasteiger partial charge in [-0.25, -0.2) is 9.97 Å². The summed E-state index contributed by atoms with van der Waals surface area (Å²) in [5.74, 6) is 2.46. The molecule has 1 aromatic rings. The summed E-state index contributed by atoms with van der Waals surface area (Å²) in [5.41, 5.74) is 0. The van der Waals surface area contributed by atoms with Crippen molar-refractivity contribution in [1.29, 1.82) is 0 Å². The fourth-order valence-electron chi connectivity index (χ4n) is 2.49. The lowest BCUT2D eigenvalue weighted by Crippen LogP contribution is -2.36. The Morgan fingerprint density at radius 3 is 3.17 bits per heavy atom. The van der Waals surface area contributed by atoms with Gasteiger partial charge < -0.3 is 15.3 Å². The second kappa shape index (κ2) is 6.54. The highest BCUT2D eigenvalue weighted by Crippen LogP contribution is 2.24. The van der Waals surface area contributed by atoms with Crippen LogP contribution in [0.25, 0.3) is 0 Å². The standard InChI is InChI=1S/C13H22N4O/c1-2-14-12-8-13(16-10-15-12)17-6-3-4-11(9-17)5-7-18/h8,10-11,18H,2-7,9H2,1H3,(H,14,15,16). The Bertz CT molecular complexity index is 370. The maximum absolute atomic E-state index is 9.04. The van der Waals surface area contributed by atoms with E-state index in [0.717, 1.165) is 37.7 Å². The summed E-state index contributed by atoms with van der Waals surface area (Å²) in [5, 5.41) is 12.2. The minimum absolute atomic E-state index is 0.283. The molecule has 0 radical (unpaired) electrons. The summed E-state index contributed by atoms with van der Waals surface area (Å²) in [7, 11) is 0. The molecule has 0 bridgehead atoms. The summed E-state index contributed by atoms with van der Waals surface area (Å²) < 4.78 is 0. The predicted molar refractivity (Wildman–Crippen MR) is 72.8 cm³/mol. The number of aliphatic hydroxyl groups is 1. The van der Waals surface area contributed by atoms with Crippen molar-refractivity contribution < 1.29 is 5.11 Å². The highest BCUT2D eigenvalue weighted by Gasteiger charge is 2.20. The first-order valence-corrected chi connectivity index (χ1v) is 6.75. The van der Waals surface area contributed by atoms with Crippen LogP contribution in [0, 0.1) is 5.92 Å². The number of hydrogen-bond acceptors (Lipinski definition) is 5. The van der Waals surface area contributed by atoms with E-state index < -0.39 is 0 Å². The summed E-state index contributed by atoms with van der Waals surface area (Å²) >= 11 is 0. The van der Waals surface area contributed by atoms with Crippen LogP contribution in [0.1, 0.15) is 26.2 Å². The number of hydrogen-bond donors (Lipinski definition) is 2. The molecule has 18 heavy (non-hydrogen) atoms. The van der Waals surface area contributed by atoms with Gasteiger partial charge in [0.2, 0.25) is 0 Å². The zero-order valence-corrected chi connectivity index (χ0v) is 11.0. The van der Waals surface area contributed by atoms with Gasteiger partial charge in [-0.15, -0.1) is 0 Å². The average molecular weight is 250 g/mol. The normalized spacial score (nSPS) is 19.9. The summed E-state index contributed by atoms with van der Waals surface area (Å²) in [6.07, 6.45) is 4.89. The second-order valence-electron chi connectivity index (χ2n) is 4.76. The third-order valence-corrected chi connectivity index (χ3v) is 3.39. The molecule has 0 aromatic carbocycles. The molecule has 2 N–H and O–H groups in total. The zero-order valence-electron chi connectivity index (χ0n) is 11.0. The Morgan fingerprint density at radius 1 is 1.50 bits per heavy atom. The van der Waals surface area contributed by atoms with Crippen LogP contribution in [0.5, 0.6) is 0 Å². The van der Waals surface area contributed by atoms with Crippen molar-refractivity contribution in [2.24, 2.45) is 5.92 Å². The number of nitrogens with one attached hydrogen (secondary N) is 1. The summed E-state index contributed by atoms with van der Waals surface area (Å²) in [4.78, 5) is 10.8. The van der Waals surface area contributed by atoms with E-state index >= 15 is 0 Å². The van der Waals surface area contributed by atoms with Crippen LogP contribution in [0.3, 0.4) is 0 Å². The van der Waals surface area contributed by atoms with E-state index in [-0.39, 0.29) is 6.61 Å². The van der Waals surface area contributed by atoms with Crippen LogP contribution in [0.4, 0.5) is 11.6 Å². The number of rotatable bonds is 5. The molecule has 1 atom stereocenters. The van der Waals surface area contributed by atoms with Crippen LogP contribution < -0.4 is 10.2 Å². The van der Waals surface area contributed by atoms with Crippen LogP contribution in [0.15, 0.2) is 12.4 Å². The Morgan fingerprint density at radius 2 is 2.39 bits per heavy atom. The van der Waals surface area contributed by atoms with Gasteiger partial charge >= 0.3 is 0 Å². The lowest BCUT2D eigenvalue weighted by Gasteiger charge is -2.33. The zero-order chi connectivity index (χ0) is 12.8. The van der Waals surface area contributed by atoms with Gasteiger partial charge in [0.1, 0.15) is 18.0 Å². The quantitative estimate of drug-likeness (QED) is 0.829. The molecular weight excluding hydrogens is 228 g/mol. The van der Waals surface area contributed by atoms with Crippen molar-refractivity contribution in [2.75, 3.05) is 36.5 Å². The number of nitrogens with zero attached hydrogens (tertiary/aromatic N) is 3. The lowest BCUT2D eigenvalue weighted by molar-refractivity contribution is 0.244. The van der Waals surface area contributed by atoms with Gasteiger partial charge in [0.25, 0.3) is 0 Å². The molecule has 0 saturated carbocycles. The lowest BCUT2D eigenvalue weighted by atomic mass is 9.95. The fourth-order valence-corrected chi connectivity index (χ4v) is 2.49. The van der Waals surface area contributed by atoms with Crippen LogP contribution in [-0.4, -0.2) is 41.3 Å². The monoisotopic (exact) mass is 250 g/mol. The molecule has 1 aliphatic rings. The Labute approximate surface area is 108 Å². The van der Waals surface area contributed by atoms with Gasteiger partial charge in [-0.05, 0) is 32.1 Å². The summed E-state index contributed by atoms with van der Waals surface area (Å²) in [6.45, 7) is 5.24. The topological polar surface area (TPSA) is 61.3 Å². The third kappa shape index (κ3) is 3.32. The molecule has 100 valence electrons. The Hall–Kier alpha value is -1.36. The van der Waals surface area contributed by atoms with Gasteiger partial charge in [0.15, 0.2) is 0 Å². The smallest absolute Gasteiger partial charge is 0.134 e. The van der Waals surface area contributed by atoms with E-state index in [1.807, 2.05) is 6.07 Å². The van der Waals surface area contributed by atoms with Crippen molar-refractivity contribution in [3.63, 3.8) is 0 Å². The van der Waals surface area contributed by atoms with Crippen molar-refractivity contribution in [3.8, 4) is 0 Å². The highest BCUT2D eigenvalue weighted by molar-refractivity contribution is 5.48. The van der Waals surface area contributed by atoms with Crippen molar-refractivity contribution in [2.45, 2.75) is 26.2 Å². The molecule has 0 spiro atoms. The average Bonchev–Trinajstić information content (AvgIpc) is 2.40. The number of piperidine rings is 1. The van der Waals surface area contributed by atoms with Crippen molar-refractivity contribution in [3.05, 3.63) is 12.4 Å². The highest BCUT2D eigenvalue weighted by atomic mass is 16.3. The van der Waals surface area contributed by atoms with Crippen LogP contribution in [-0.2, 0) is 0 Å². The van der Waals surface area contributed by atoms with Gasteiger partial charge in [0, 0.05) is 32.3 Å². The van der Waals surface area contributed by atoms with Gasteiger partial charge in [-0.2, -0.15) is 0 Å². The van der Waals surface area contributed by atoms with E-state index in [1.165, 1.54) is 12.8 Å². The molecule has 0 aliphatic carbocycles. The fraction of sp³-hybridized carbons (Fsp3) is 0.692. The number of anilines is 2. The van der Waals surface area contributed by atoms with Crippen molar-refractivity contribution in [1.82, 2.24) is 9.97 Å². The third-order valence-electron chi connectivity index (χ3n) is 3.39. The van der Waals surface area contributed by atoms with E-state index in [2.05, 4.69) is 27.1 Å². The SMILES string of the molecule is CCNc1cc(N2CCCC(CCO)C2)ncn1. The van der Waals surface area contributed by atoms with E-state index in [0.29, 0.717) is 5.92 Å². The second-order valence-corrected chi connectivity index (χ2v) is 4.76. The maximum Gasteiger partial charge on any atom is 0.134 e. The molecule has 5 heteroatoms. The number of aromatic nitrogens is 2. The first kappa shape index (κ1) is 13.1. The molecular formula is C13H22N4O. The van der Waals surface area contributed by atoms with Crippen molar-refractivity contribution >= 4 is 11.6 Å². The minimum atomic E-state index is 0.283. The molecule has 2 heterocycles. The van der Waals surface area contributed by atoms with Gasteiger partial charge in [-0.3, -0.25) is 0 Å². The molecule has 1 unspecified atom stereocenters. The molecule has 2 rings (SSSR count). The molecule has 5 nitrogen and oxygen atoms in total. The molecule has 1 aliphatic heterocycles. The molecule has 1 aromatic heterocycles. The Kier molecular flexibility index (Phi) is 4.75. The predicted octanol–water partition coefficient (Wildman–Crippen LogP) is 1.51. The van der Waals surface area contributed by atoms with E-state index in [1.54, 1.807) is 6.33 Å². The molecule has 1 saturated heterocycles. The maximum atomic E-state index is 9.04. The minimum Gasteiger partial charge on any atom is -0.396 e. The summed E-state index contributed by atoms with van der Waals surface area (Å²) in [6, 6.07) is 2.00. The van der Waals surface area contributed by atoms with Crippen LogP contribution >= 0.6 is 0 Å². The number of aliphatic hydroxyl groups excluding tert-OH is 1. The Balaban J connectivity index is 2.03. The first-order valence-electron chi connectivity index (χ1n) is 6.75. The molecule has 0 amide bonds. The van der Waals surface area contributed by atoms with Crippen LogP contribution in [0.2, 0.25) is 0 Å². The van der Waals surface area contributed by atoms with E-state index in [9.17, 15) is 0 Å². The first-order chi connectivity index (χ1) is 8.83.